The molecule has 3 atom stereocenters. The van der Waals surface area contributed by atoms with Crippen molar-refractivity contribution in [2.75, 3.05) is 0 Å². The number of carboxylic acid groups (broad SMARTS) is 1. The summed E-state index contributed by atoms with van der Waals surface area (Å²) in [5.74, 6) is -0.847. The normalized spacial score (nSPS) is 27.9. The van der Waals surface area contributed by atoms with Gasteiger partial charge in [0.25, 0.3) is 0 Å². The van der Waals surface area contributed by atoms with Crippen LogP contribution in [0.1, 0.15) is 45.4 Å². The summed E-state index contributed by atoms with van der Waals surface area (Å²) in [7, 11) is 0. The predicted molar refractivity (Wildman–Crippen MR) is 55.7 cm³/mol. The van der Waals surface area contributed by atoms with Gasteiger partial charge in [-0.25, -0.2) is 0 Å². The Hall–Kier alpha value is -0.610. The van der Waals surface area contributed by atoms with Crippen molar-refractivity contribution >= 4 is 5.97 Å². The maximum absolute atomic E-state index is 10.3. The lowest BCUT2D eigenvalue weighted by molar-refractivity contribution is -0.137. The molecule has 1 rings (SSSR count). The van der Waals surface area contributed by atoms with Crippen molar-refractivity contribution < 1.29 is 19.7 Å². The van der Waals surface area contributed by atoms with Gasteiger partial charge in [-0.15, -0.1) is 0 Å². The van der Waals surface area contributed by atoms with Crippen LogP contribution in [-0.4, -0.2) is 34.5 Å². The van der Waals surface area contributed by atoms with Crippen LogP contribution in [0.2, 0.25) is 0 Å². The number of rotatable bonds is 6. The third-order valence-electron chi connectivity index (χ3n) is 2.83. The van der Waals surface area contributed by atoms with Gasteiger partial charge < -0.3 is 14.9 Å². The Morgan fingerprint density at radius 2 is 2.20 bits per heavy atom. The first-order valence-corrected chi connectivity index (χ1v) is 5.63. The predicted octanol–water partition coefficient (Wildman–Crippen LogP) is 1.56. The van der Waals surface area contributed by atoms with Gasteiger partial charge >= 0.3 is 5.97 Å². The Morgan fingerprint density at radius 1 is 1.47 bits per heavy atom. The first-order chi connectivity index (χ1) is 7.08. The number of aliphatic hydroxyl groups is 1. The fourth-order valence-electron chi connectivity index (χ4n) is 1.91. The van der Waals surface area contributed by atoms with Gasteiger partial charge in [0.05, 0.1) is 18.3 Å². The summed E-state index contributed by atoms with van der Waals surface area (Å²) in [6, 6.07) is 0. The molecule has 0 bridgehead atoms. The fraction of sp³-hybridized carbons (Fsp3) is 0.909. The summed E-state index contributed by atoms with van der Waals surface area (Å²) in [6.45, 7) is 2.06. The second-order valence-electron chi connectivity index (χ2n) is 4.31. The van der Waals surface area contributed by atoms with E-state index in [4.69, 9.17) is 9.84 Å². The van der Waals surface area contributed by atoms with E-state index in [1.807, 2.05) is 0 Å². The molecule has 0 aliphatic carbocycles. The molecule has 4 heteroatoms. The van der Waals surface area contributed by atoms with Crippen LogP contribution in [0.25, 0.3) is 0 Å². The van der Waals surface area contributed by atoms with Gasteiger partial charge in [0.1, 0.15) is 0 Å². The van der Waals surface area contributed by atoms with E-state index in [1.54, 1.807) is 0 Å². The van der Waals surface area contributed by atoms with Crippen LogP contribution >= 0.6 is 0 Å². The van der Waals surface area contributed by atoms with Crippen LogP contribution in [0.4, 0.5) is 0 Å². The Morgan fingerprint density at radius 3 is 2.73 bits per heavy atom. The minimum Gasteiger partial charge on any atom is -0.481 e. The summed E-state index contributed by atoms with van der Waals surface area (Å²) < 4.78 is 5.61. The van der Waals surface area contributed by atoms with E-state index < -0.39 is 12.1 Å². The van der Waals surface area contributed by atoms with Crippen molar-refractivity contribution in [2.45, 2.75) is 63.8 Å². The van der Waals surface area contributed by atoms with Crippen molar-refractivity contribution in [1.82, 2.24) is 0 Å². The topological polar surface area (TPSA) is 66.8 Å². The largest absolute Gasteiger partial charge is 0.481 e. The monoisotopic (exact) mass is 216 g/mol. The summed E-state index contributed by atoms with van der Waals surface area (Å²) in [5.41, 5.74) is 0. The molecule has 0 aromatic rings. The van der Waals surface area contributed by atoms with Crippen molar-refractivity contribution in [2.24, 2.45) is 0 Å². The summed E-state index contributed by atoms with van der Waals surface area (Å²) in [4.78, 5) is 10.3. The third kappa shape index (κ3) is 5.14. The molecule has 88 valence electrons. The molecule has 0 radical (unpaired) electrons. The molecular formula is C11H20O4. The van der Waals surface area contributed by atoms with Crippen LogP contribution in [0.3, 0.4) is 0 Å². The van der Waals surface area contributed by atoms with Crippen LogP contribution in [0.5, 0.6) is 0 Å². The van der Waals surface area contributed by atoms with Crippen molar-refractivity contribution in [3.05, 3.63) is 0 Å². The van der Waals surface area contributed by atoms with Gasteiger partial charge in [-0.1, -0.05) is 0 Å². The number of carbonyl (C=O) groups is 1. The van der Waals surface area contributed by atoms with Crippen LogP contribution in [0, 0.1) is 0 Å². The third-order valence-corrected chi connectivity index (χ3v) is 2.83. The Bertz CT molecular complexity index is 205. The van der Waals surface area contributed by atoms with Gasteiger partial charge in [0.15, 0.2) is 0 Å². The number of ether oxygens (including phenoxy) is 1. The average Bonchev–Trinajstić information content (AvgIpc) is 2.58. The van der Waals surface area contributed by atoms with Crippen LogP contribution in [-0.2, 0) is 9.53 Å². The van der Waals surface area contributed by atoms with E-state index in [9.17, 15) is 9.90 Å². The van der Waals surface area contributed by atoms with Gasteiger partial charge in [-0.2, -0.15) is 0 Å². The molecule has 1 heterocycles. The standard InChI is InChI=1S/C11H20O4/c1-8-2-5-10(15-8)6-3-9(12)4-7-11(13)14/h8-10,12H,2-7H2,1H3,(H,13,14). The Labute approximate surface area is 90.2 Å². The zero-order valence-electron chi connectivity index (χ0n) is 9.19. The second-order valence-corrected chi connectivity index (χ2v) is 4.31. The van der Waals surface area contributed by atoms with Gasteiger partial charge in [0, 0.05) is 6.42 Å². The average molecular weight is 216 g/mol. The number of aliphatic carboxylic acids is 1. The highest BCUT2D eigenvalue weighted by Gasteiger charge is 2.22. The smallest absolute Gasteiger partial charge is 0.303 e. The summed E-state index contributed by atoms with van der Waals surface area (Å²) in [5, 5.41) is 17.9. The molecule has 15 heavy (non-hydrogen) atoms. The number of aliphatic hydroxyl groups excluding tert-OH is 1. The van der Waals surface area contributed by atoms with E-state index in [1.165, 1.54) is 0 Å². The minimum absolute atomic E-state index is 0.0447. The lowest BCUT2D eigenvalue weighted by Crippen LogP contribution is -2.14. The molecule has 4 nitrogen and oxygen atoms in total. The van der Waals surface area contributed by atoms with E-state index in [2.05, 4.69) is 6.92 Å². The molecule has 1 saturated heterocycles. The Kier molecular flexibility index (Phi) is 5.05. The highest BCUT2D eigenvalue weighted by Crippen LogP contribution is 2.23. The zero-order valence-corrected chi connectivity index (χ0v) is 9.19. The maximum atomic E-state index is 10.3. The van der Waals surface area contributed by atoms with Crippen molar-refractivity contribution in [3.8, 4) is 0 Å². The maximum Gasteiger partial charge on any atom is 0.303 e. The van der Waals surface area contributed by atoms with Crippen LogP contribution in [0.15, 0.2) is 0 Å². The molecule has 1 fully saturated rings. The zero-order chi connectivity index (χ0) is 11.3. The molecule has 0 saturated carbocycles. The van der Waals surface area contributed by atoms with Crippen LogP contribution < -0.4 is 0 Å². The Balaban J connectivity index is 2.06. The fourth-order valence-corrected chi connectivity index (χ4v) is 1.91. The molecule has 0 spiro atoms. The molecule has 2 N–H and O–H groups in total. The van der Waals surface area contributed by atoms with Gasteiger partial charge in [0.2, 0.25) is 0 Å². The number of hydrogen-bond acceptors (Lipinski definition) is 3. The molecule has 0 amide bonds. The second kappa shape index (κ2) is 6.08. The lowest BCUT2D eigenvalue weighted by atomic mass is 10.0. The van der Waals surface area contributed by atoms with Crippen molar-refractivity contribution in [1.29, 1.82) is 0 Å². The first-order valence-electron chi connectivity index (χ1n) is 5.63. The highest BCUT2D eigenvalue weighted by molar-refractivity contribution is 5.66. The first kappa shape index (κ1) is 12.5. The highest BCUT2D eigenvalue weighted by atomic mass is 16.5. The van der Waals surface area contributed by atoms with E-state index >= 15 is 0 Å². The molecule has 1 aliphatic rings. The van der Waals surface area contributed by atoms with E-state index in [-0.39, 0.29) is 12.5 Å². The summed E-state index contributed by atoms with van der Waals surface area (Å²) in [6.07, 6.45) is 4.13. The van der Waals surface area contributed by atoms with E-state index in [0.29, 0.717) is 18.9 Å². The van der Waals surface area contributed by atoms with Crippen molar-refractivity contribution in [3.63, 3.8) is 0 Å². The molecule has 0 aromatic heterocycles. The van der Waals surface area contributed by atoms with Gasteiger partial charge in [-0.3, -0.25) is 4.79 Å². The molecule has 0 aromatic carbocycles. The van der Waals surface area contributed by atoms with Gasteiger partial charge in [-0.05, 0) is 39.0 Å². The lowest BCUT2D eigenvalue weighted by Gasteiger charge is -2.13. The SMILES string of the molecule is CC1CCC(CCC(O)CCC(=O)O)O1. The minimum atomic E-state index is -0.847. The molecule has 3 unspecified atom stereocenters. The number of carboxylic acids is 1. The summed E-state index contributed by atoms with van der Waals surface area (Å²) >= 11 is 0. The quantitative estimate of drug-likeness (QED) is 0.707. The van der Waals surface area contributed by atoms with E-state index in [0.717, 1.165) is 19.3 Å². The molecular weight excluding hydrogens is 196 g/mol. The molecule has 1 aliphatic heterocycles. The number of hydrogen-bond donors (Lipinski definition) is 2.